The molecule has 0 fully saturated rings. The zero-order chi connectivity index (χ0) is 55.5. The van der Waals surface area contributed by atoms with Crippen molar-refractivity contribution in [2.24, 2.45) is 0 Å². The molecular formula is C50H30BF20NO3. The van der Waals surface area contributed by atoms with Crippen LogP contribution in [0.2, 0.25) is 0 Å². The molecule has 396 valence electrons. The lowest BCUT2D eigenvalue weighted by molar-refractivity contribution is -0.659. The molecule has 0 saturated heterocycles. The Morgan fingerprint density at radius 3 is 1.12 bits per heavy atom. The van der Waals surface area contributed by atoms with Crippen LogP contribution in [0.1, 0.15) is 66.3 Å². The van der Waals surface area contributed by atoms with Gasteiger partial charge < -0.3 is 4.74 Å². The summed E-state index contributed by atoms with van der Waals surface area (Å²) in [6, 6.07) is 20.6. The van der Waals surface area contributed by atoms with Crippen LogP contribution in [0.3, 0.4) is 0 Å². The van der Waals surface area contributed by atoms with E-state index in [1.807, 2.05) is 48.5 Å². The number of carbonyl (C=O) groups excluding carboxylic acids is 2. The van der Waals surface area contributed by atoms with Crippen molar-refractivity contribution in [3.8, 4) is 0 Å². The zero-order valence-corrected chi connectivity index (χ0v) is 37.8. The summed E-state index contributed by atoms with van der Waals surface area (Å²) < 4.78 is 301. The Kier molecular flexibility index (Phi) is 17.4. The number of Topliss-reactive ketones (excluding diaryl/α,β-unsaturated/α-hetero) is 1. The number of nitrogens with zero attached hydrogens (tertiary/aromatic N) is 1. The summed E-state index contributed by atoms with van der Waals surface area (Å²) in [5.41, 5.74) is -12.5. The Morgan fingerprint density at radius 2 is 0.733 bits per heavy atom. The minimum atomic E-state index is -7.22. The molecule has 1 aromatic heterocycles. The third-order valence-corrected chi connectivity index (χ3v) is 12.0. The van der Waals surface area contributed by atoms with Gasteiger partial charge in [0.25, 0.3) is 5.69 Å². The summed E-state index contributed by atoms with van der Waals surface area (Å²) in [7, 11) is 0. The van der Waals surface area contributed by atoms with E-state index in [2.05, 4.69) is 6.92 Å². The van der Waals surface area contributed by atoms with Gasteiger partial charge in [0.2, 0.25) is 17.8 Å². The van der Waals surface area contributed by atoms with E-state index in [0.29, 0.717) is 17.9 Å². The molecule has 0 aliphatic carbocycles. The maximum atomic E-state index is 15.4. The van der Waals surface area contributed by atoms with E-state index in [1.54, 1.807) is 22.8 Å². The number of fused-ring (bicyclic) bond motifs is 1. The first-order chi connectivity index (χ1) is 35.4. The van der Waals surface area contributed by atoms with Crippen molar-refractivity contribution in [1.82, 2.24) is 0 Å². The largest absolute Gasteiger partial charge is 0.458 e. The van der Waals surface area contributed by atoms with Crippen LogP contribution in [-0.4, -0.2) is 24.5 Å². The maximum absolute atomic E-state index is 15.4. The Balaban J connectivity index is 0.000000264. The number of hydrogen-bond acceptors (Lipinski definition) is 3. The van der Waals surface area contributed by atoms with Gasteiger partial charge in [-0.15, -0.1) is 21.9 Å². The first-order valence-electron chi connectivity index (χ1n) is 21.8. The average Bonchev–Trinajstić information content (AvgIpc) is 3.41. The summed E-state index contributed by atoms with van der Waals surface area (Å²) in [6.07, 6.45) is -0.399. The molecule has 25 heteroatoms. The van der Waals surface area contributed by atoms with Gasteiger partial charge in [0, 0.05) is 23.1 Å². The van der Waals surface area contributed by atoms with Crippen molar-refractivity contribution in [1.29, 1.82) is 0 Å². The van der Waals surface area contributed by atoms with E-state index < -0.39 is 144 Å². The summed E-state index contributed by atoms with van der Waals surface area (Å²) in [6.45, 7) is 2.69. The Morgan fingerprint density at radius 1 is 0.400 bits per heavy atom. The molecular weight excluding hydrogens is 1050 g/mol. The highest BCUT2D eigenvalue weighted by Gasteiger charge is 2.52. The second kappa shape index (κ2) is 23.0. The lowest BCUT2D eigenvalue weighted by atomic mass is 9.12. The summed E-state index contributed by atoms with van der Waals surface area (Å²) in [5, 5.41) is 0.978. The van der Waals surface area contributed by atoms with Gasteiger partial charge in [-0.3, -0.25) is 4.79 Å². The van der Waals surface area contributed by atoms with Gasteiger partial charge in [-0.1, -0.05) is 81.5 Å². The highest BCUT2D eigenvalue weighted by Crippen LogP contribution is 2.31. The predicted molar refractivity (Wildman–Crippen MR) is 228 cm³/mol. The van der Waals surface area contributed by atoms with Gasteiger partial charge in [-0.2, -0.15) is 4.57 Å². The van der Waals surface area contributed by atoms with Crippen LogP contribution in [0.25, 0.3) is 10.9 Å². The molecule has 7 aromatic rings. The molecule has 0 amide bonds. The third kappa shape index (κ3) is 10.1. The second-order valence-electron chi connectivity index (χ2n) is 16.4. The molecule has 0 saturated carbocycles. The minimum Gasteiger partial charge on any atom is -0.458 e. The fraction of sp³-hybridized carbons (Fsp3) is 0.180. The van der Waals surface area contributed by atoms with E-state index in [9.17, 15) is 62.3 Å². The highest BCUT2D eigenvalue weighted by molar-refractivity contribution is 7.20. The number of halogens is 20. The number of carbonyl (C=O) groups is 2. The number of rotatable bonds is 15. The normalized spacial score (nSPS) is 11.5. The van der Waals surface area contributed by atoms with Gasteiger partial charge in [0.05, 0.1) is 6.61 Å². The van der Waals surface area contributed by atoms with Crippen LogP contribution in [0.4, 0.5) is 87.8 Å². The number of ether oxygens (including phenoxy) is 1. The predicted octanol–water partition coefficient (Wildman–Crippen LogP) is 11.4. The topological polar surface area (TPSA) is 47.2 Å². The number of esters is 1. The Labute approximate surface area is 409 Å². The van der Waals surface area contributed by atoms with E-state index in [0.717, 1.165) is 23.7 Å². The molecule has 0 unspecified atom stereocenters. The molecule has 0 spiro atoms. The number of ketones is 1. The van der Waals surface area contributed by atoms with Crippen LogP contribution in [0.5, 0.6) is 0 Å². The van der Waals surface area contributed by atoms with E-state index in [4.69, 9.17) is 4.74 Å². The molecule has 0 atom stereocenters. The van der Waals surface area contributed by atoms with Crippen molar-refractivity contribution in [2.75, 3.05) is 6.61 Å². The molecule has 0 aliphatic heterocycles. The number of unbranched alkanes of at least 4 members (excludes halogenated alkanes) is 5. The highest BCUT2D eigenvalue weighted by atomic mass is 19.2. The average molecular weight is 1080 g/mol. The first-order valence-corrected chi connectivity index (χ1v) is 21.8. The third-order valence-electron chi connectivity index (χ3n) is 12.0. The SMILES string of the molecule is CCCCCCCCOC(=O)c1ccc2ccccc2[n+]1CC(=O)c1ccccc1.Fc1c(F)c(F)c([B-](c2c(F)c(F)c(F)c(F)c2F)(c2c(F)c(F)c(F)c(F)c2F)c2c(F)c(F)c(F)c(F)c2F)c(F)c1F. The van der Waals surface area contributed by atoms with Crippen LogP contribution in [0.15, 0.2) is 66.7 Å². The summed E-state index contributed by atoms with van der Waals surface area (Å²) >= 11 is 0. The van der Waals surface area contributed by atoms with Gasteiger partial charge >= 0.3 is 5.97 Å². The smallest absolute Gasteiger partial charge is 0.403 e. The molecule has 75 heavy (non-hydrogen) atoms. The van der Waals surface area contributed by atoms with Gasteiger partial charge in [0.15, 0.2) is 69.8 Å². The summed E-state index contributed by atoms with van der Waals surface area (Å²) in [4.78, 5) is 25.7. The van der Waals surface area contributed by atoms with E-state index >= 15 is 35.1 Å². The minimum absolute atomic E-state index is 0.0399. The molecule has 6 aromatic carbocycles. The zero-order valence-electron chi connectivity index (χ0n) is 37.8. The van der Waals surface area contributed by atoms with Crippen molar-refractivity contribution in [3.63, 3.8) is 0 Å². The number of benzene rings is 6. The fourth-order valence-corrected chi connectivity index (χ4v) is 8.47. The maximum Gasteiger partial charge on any atom is 0.403 e. The number of para-hydroxylation sites is 1. The van der Waals surface area contributed by atoms with Crippen molar-refractivity contribution in [3.05, 3.63) is 194 Å². The molecule has 0 aliphatic rings. The van der Waals surface area contributed by atoms with Crippen LogP contribution >= 0.6 is 0 Å². The molecule has 0 radical (unpaired) electrons. The van der Waals surface area contributed by atoms with Crippen LogP contribution in [0, 0.1) is 116 Å². The molecule has 0 N–H and O–H groups in total. The Hall–Kier alpha value is -7.47. The lowest BCUT2D eigenvalue weighted by Crippen LogP contribution is -2.81. The number of hydrogen-bond donors (Lipinski definition) is 0. The van der Waals surface area contributed by atoms with E-state index in [1.165, 1.54) is 25.7 Å². The van der Waals surface area contributed by atoms with Crippen molar-refractivity contribution < 1.29 is 107 Å². The van der Waals surface area contributed by atoms with Crippen LogP contribution in [-0.2, 0) is 11.3 Å². The first kappa shape index (κ1) is 56.8. The van der Waals surface area contributed by atoms with E-state index in [-0.39, 0.29) is 18.3 Å². The van der Waals surface area contributed by atoms with Gasteiger partial charge in [0.1, 0.15) is 52.7 Å². The molecule has 7 rings (SSSR count). The van der Waals surface area contributed by atoms with Gasteiger partial charge in [-0.25, -0.2) is 92.6 Å². The lowest BCUT2D eigenvalue weighted by Gasteiger charge is -2.44. The molecule has 0 bridgehead atoms. The summed E-state index contributed by atoms with van der Waals surface area (Å²) in [5.74, 6) is -71.8. The standard InChI is InChI=1S/C26H30NO3.C24BF20/c1-2-3-4-5-6-12-19-30-26(29)24-18-17-21-13-10-11-16-23(21)27(24)20-25(28)22-14-8-7-9-15-22;26-5-1(6(27)14(35)21(42)13(5)34)25(2-7(28)15(36)22(43)16(37)8(2)29,3-9(30)17(38)23(44)18(39)10(3)31)4-11(32)19(40)24(45)20(41)12(4)33/h7-11,13-18H,2-6,12,19-20H2,1H3;/q+1;-1. The van der Waals surface area contributed by atoms with Crippen molar-refractivity contribution in [2.45, 2.75) is 52.0 Å². The van der Waals surface area contributed by atoms with Gasteiger partial charge in [-0.05, 0) is 18.6 Å². The number of aromatic nitrogens is 1. The quantitative estimate of drug-likeness (QED) is 0.0150. The Bertz CT molecular complexity index is 3000. The molecule has 1 heterocycles. The fourth-order valence-electron chi connectivity index (χ4n) is 8.47. The second-order valence-corrected chi connectivity index (χ2v) is 16.4. The molecule has 4 nitrogen and oxygen atoms in total. The monoisotopic (exact) mass is 1080 g/mol. The number of pyridine rings is 1. The van der Waals surface area contributed by atoms with Crippen LogP contribution < -0.4 is 26.4 Å². The van der Waals surface area contributed by atoms with Crippen molar-refractivity contribution >= 4 is 50.7 Å².